The van der Waals surface area contributed by atoms with Crippen molar-refractivity contribution in [3.63, 3.8) is 0 Å². The SMILES string of the molecule is CCCCNC(=O)[C@@H](Cc1ccccc1)N(Cc1ccccc1Cl)C(=O)CSCc1cc(C)cc(C)c1. The van der Waals surface area contributed by atoms with Crippen LogP contribution in [0, 0.1) is 13.8 Å². The highest BCUT2D eigenvalue weighted by Gasteiger charge is 2.30. The molecule has 3 rings (SSSR count). The predicted octanol–water partition coefficient (Wildman–Crippen LogP) is 6.75. The van der Waals surface area contributed by atoms with E-state index in [0.29, 0.717) is 18.0 Å². The molecule has 2 amide bonds. The van der Waals surface area contributed by atoms with Crippen LogP contribution in [0.1, 0.15) is 47.6 Å². The van der Waals surface area contributed by atoms with Gasteiger partial charge in [0.1, 0.15) is 6.04 Å². The quantitative estimate of drug-likeness (QED) is 0.246. The molecule has 37 heavy (non-hydrogen) atoms. The summed E-state index contributed by atoms with van der Waals surface area (Å²) >= 11 is 8.07. The normalized spacial score (nSPS) is 11.7. The van der Waals surface area contributed by atoms with Crippen molar-refractivity contribution in [1.82, 2.24) is 10.2 Å². The molecule has 0 unspecified atom stereocenters. The van der Waals surface area contributed by atoms with Gasteiger partial charge in [-0.2, -0.15) is 0 Å². The fourth-order valence-electron chi connectivity index (χ4n) is 4.36. The first-order valence-electron chi connectivity index (χ1n) is 12.9. The van der Waals surface area contributed by atoms with Gasteiger partial charge in [-0.15, -0.1) is 11.8 Å². The molecular weight excluding hydrogens is 500 g/mol. The molecule has 0 saturated carbocycles. The van der Waals surface area contributed by atoms with Crippen LogP contribution in [0.5, 0.6) is 0 Å². The van der Waals surface area contributed by atoms with Crippen molar-refractivity contribution in [2.75, 3.05) is 12.3 Å². The number of hydrogen-bond donors (Lipinski definition) is 1. The molecule has 1 atom stereocenters. The Balaban J connectivity index is 1.84. The summed E-state index contributed by atoms with van der Waals surface area (Å²) in [6, 6.07) is 23.2. The molecule has 0 heterocycles. The molecule has 3 aromatic carbocycles. The van der Waals surface area contributed by atoms with E-state index in [0.717, 1.165) is 29.7 Å². The van der Waals surface area contributed by atoms with Crippen molar-refractivity contribution < 1.29 is 9.59 Å². The lowest BCUT2D eigenvalue weighted by Gasteiger charge is -2.32. The van der Waals surface area contributed by atoms with E-state index in [1.54, 1.807) is 16.7 Å². The molecule has 6 heteroatoms. The number of rotatable bonds is 13. The summed E-state index contributed by atoms with van der Waals surface area (Å²) in [4.78, 5) is 28.9. The lowest BCUT2D eigenvalue weighted by Crippen LogP contribution is -2.51. The van der Waals surface area contributed by atoms with E-state index in [1.807, 2.05) is 54.6 Å². The largest absolute Gasteiger partial charge is 0.354 e. The van der Waals surface area contributed by atoms with Gasteiger partial charge in [-0.3, -0.25) is 9.59 Å². The Kier molecular flexibility index (Phi) is 11.6. The standard InChI is InChI=1S/C31H37ClN2O2S/c1-4-5-15-33-31(36)29(19-25-11-7-6-8-12-25)34(20-27-13-9-10-14-28(27)32)30(35)22-37-21-26-17-23(2)16-24(3)18-26/h6-14,16-18,29H,4-5,15,19-22H2,1-3H3,(H,33,36)/t29-/m1/s1. The number of carbonyl (C=O) groups excluding carboxylic acids is 2. The van der Waals surface area contributed by atoms with Crippen molar-refractivity contribution in [1.29, 1.82) is 0 Å². The number of aryl methyl sites for hydroxylation is 2. The van der Waals surface area contributed by atoms with Crippen molar-refractivity contribution >= 4 is 35.2 Å². The Morgan fingerprint density at radius 3 is 2.30 bits per heavy atom. The molecule has 196 valence electrons. The van der Waals surface area contributed by atoms with Crippen LogP contribution in [0.2, 0.25) is 5.02 Å². The van der Waals surface area contributed by atoms with E-state index in [4.69, 9.17) is 11.6 Å². The maximum absolute atomic E-state index is 13.7. The number of halogens is 1. The highest BCUT2D eigenvalue weighted by atomic mass is 35.5. The molecule has 0 aliphatic heterocycles. The fraction of sp³-hybridized carbons (Fsp3) is 0.355. The number of nitrogens with zero attached hydrogens (tertiary/aromatic N) is 1. The zero-order valence-corrected chi connectivity index (χ0v) is 23.6. The number of unbranched alkanes of at least 4 members (excludes halogenated alkanes) is 1. The highest BCUT2D eigenvalue weighted by molar-refractivity contribution is 7.99. The molecule has 0 spiro atoms. The van der Waals surface area contributed by atoms with Crippen LogP contribution in [-0.4, -0.2) is 35.1 Å². The Labute approximate surface area is 230 Å². The minimum atomic E-state index is -0.634. The van der Waals surface area contributed by atoms with E-state index in [2.05, 4.69) is 44.3 Å². The molecule has 0 aliphatic rings. The average Bonchev–Trinajstić information content (AvgIpc) is 2.87. The summed E-state index contributed by atoms with van der Waals surface area (Å²) in [6.45, 7) is 7.14. The zero-order chi connectivity index (χ0) is 26.6. The molecule has 0 aliphatic carbocycles. The Morgan fingerprint density at radius 2 is 1.62 bits per heavy atom. The topological polar surface area (TPSA) is 49.4 Å². The molecule has 0 fully saturated rings. The fourth-order valence-corrected chi connectivity index (χ4v) is 5.40. The van der Waals surface area contributed by atoms with Gasteiger partial charge < -0.3 is 10.2 Å². The minimum Gasteiger partial charge on any atom is -0.354 e. The summed E-state index contributed by atoms with van der Waals surface area (Å²) in [6.07, 6.45) is 2.33. The number of amides is 2. The van der Waals surface area contributed by atoms with Gasteiger partial charge in [0.05, 0.1) is 5.75 Å². The highest BCUT2D eigenvalue weighted by Crippen LogP contribution is 2.22. The summed E-state index contributed by atoms with van der Waals surface area (Å²) < 4.78 is 0. The third-order valence-electron chi connectivity index (χ3n) is 6.17. The number of hydrogen-bond acceptors (Lipinski definition) is 3. The third kappa shape index (κ3) is 9.24. The van der Waals surface area contributed by atoms with Crippen LogP contribution >= 0.6 is 23.4 Å². The Morgan fingerprint density at radius 1 is 0.946 bits per heavy atom. The number of thioether (sulfide) groups is 1. The second-order valence-electron chi connectivity index (χ2n) is 9.45. The van der Waals surface area contributed by atoms with Gasteiger partial charge in [-0.25, -0.2) is 0 Å². The van der Waals surface area contributed by atoms with Crippen molar-refractivity contribution in [2.45, 2.75) is 58.4 Å². The van der Waals surface area contributed by atoms with Gasteiger partial charge in [-0.1, -0.05) is 103 Å². The Bertz CT molecular complexity index is 1150. The summed E-state index contributed by atoms with van der Waals surface area (Å²) in [5.41, 5.74) is 5.48. The summed E-state index contributed by atoms with van der Waals surface area (Å²) in [7, 11) is 0. The first kappa shape index (κ1) is 28.8. The van der Waals surface area contributed by atoms with Gasteiger partial charge in [0.2, 0.25) is 11.8 Å². The molecular formula is C31H37ClN2O2S. The van der Waals surface area contributed by atoms with Crippen LogP contribution in [0.15, 0.2) is 72.8 Å². The second-order valence-corrected chi connectivity index (χ2v) is 10.8. The number of nitrogens with one attached hydrogen (secondary N) is 1. The average molecular weight is 537 g/mol. The van der Waals surface area contributed by atoms with E-state index in [-0.39, 0.29) is 24.1 Å². The molecule has 0 radical (unpaired) electrons. The lowest BCUT2D eigenvalue weighted by molar-refractivity contribution is -0.139. The van der Waals surface area contributed by atoms with Crippen molar-refractivity contribution in [2.24, 2.45) is 0 Å². The van der Waals surface area contributed by atoms with Crippen LogP contribution in [0.3, 0.4) is 0 Å². The maximum atomic E-state index is 13.7. The van der Waals surface area contributed by atoms with E-state index in [1.165, 1.54) is 16.7 Å². The third-order valence-corrected chi connectivity index (χ3v) is 7.53. The molecule has 4 nitrogen and oxygen atoms in total. The summed E-state index contributed by atoms with van der Waals surface area (Å²) in [5.74, 6) is 0.823. The van der Waals surface area contributed by atoms with Crippen LogP contribution in [0.25, 0.3) is 0 Å². The van der Waals surface area contributed by atoms with E-state index < -0.39 is 6.04 Å². The van der Waals surface area contributed by atoms with Gasteiger partial charge >= 0.3 is 0 Å². The van der Waals surface area contributed by atoms with E-state index in [9.17, 15) is 9.59 Å². The molecule has 3 aromatic rings. The van der Waals surface area contributed by atoms with E-state index >= 15 is 0 Å². The van der Waals surface area contributed by atoms with Gasteiger partial charge in [-0.05, 0) is 43.0 Å². The van der Waals surface area contributed by atoms with Crippen molar-refractivity contribution in [3.05, 3.63) is 106 Å². The monoisotopic (exact) mass is 536 g/mol. The van der Waals surface area contributed by atoms with Crippen LogP contribution in [0.4, 0.5) is 0 Å². The number of carbonyl (C=O) groups is 2. The zero-order valence-electron chi connectivity index (χ0n) is 22.0. The smallest absolute Gasteiger partial charge is 0.243 e. The molecule has 0 aromatic heterocycles. The number of benzene rings is 3. The Hall–Kier alpha value is -2.76. The minimum absolute atomic E-state index is 0.0686. The first-order chi connectivity index (χ1) is 17.9. The van der Waals surface area contributed by atoms with Crippen LogP contribution < -0.4 is 5.32 Å². The first-order valence-corrected chi connectivity index (χ1v) is 14.4. The molecule has 0 saturated heterocycles. The molecule has 0 bridgehead atoms. The van der Waals surface area contributed by atoms with Crippen molar-refractivity contribution in [3.8, 4) is 0 Å². The maximum Gasteiger partial charge on any atom is 0.243 e. The van der Waals surface area contributed by atoms with Crippen LogP contribution in [-0.2, 0) is 28.3 Å². The van der Waals surface area contributed by atoms with Gasteiger partial charge in [0.25, 0.3) is 0 Å². The lowest BCUT2D eigenvalue weighted by atomic mass is 10.0. The second kappa shape index (κ2) is 14.8. The van der Waals surface area contributed by atoms with Gasteiger partial charge in [0, 0.05) is 30.3 Å². The summed E-state index contributed by atoms with van der Waals surface area (Å²) in [5, 5.41) is 3.65. The molecule has 1 N–H and O–H groups in total. The van der Waals surface area contributed by atoms with Gasteiger partial charge in [0.15, 0.2) is 0 Å². The predicted molar refractivity (Wildman–Crippen MR) is 156 cm³/mol.